The zero-order chi connectivity index (χ0) is 17.4. The molecule has 0 spiro atoms. The lowest BCUT2D eigenvalue weighted by Crippen LogP contribution is -2.25. The molecule has 0 atom stereocenters. The van der Waals surface area contributed by atoms with Gasteiger partial charge in [0, 0.05) is 49.6 Å². The van der Waals surface area contributed by atoms with Crippen LogP contribution in [0.2, 0.25) is 0 Å². The molecule has 0 aliphatic heterocycles. The molecule has 0 bridgehead atoms. The van der Waals surface area contributed by atoms with Crippen molar-refractivity contribution in [2.45, 2.75) is 39.7 Å². The van der Waals surface area contributed by atoms with Gasteiger partial charge in [-0.3, -0.25) is 9.59 Å². The summed E-state index contributed by atoms with van der Waals surface area (Å²) in [4.78, 5) is 27.9. The van der Waals surface area contributed by atoms with Gasteiger partial charge in [0.25, 0.3) is 5.91 Å². The Labute approximate surface area is 142 Å². The van der Waals surface area contributed by atoms with Gasteiger partial charge >= 0.3 is 0 Å². The average molecular weight is 328 g/mol. The Balaban J connectivity index is 1.82. The molecule has 0 radical (unpaired) electrons. The van der Waals surface area contributed by atoms with Gasteiger partial charge in [-0.25, -0.2) is 4.98 Å². The van der Waals surface area contributed by atoms with Crippen LogP contribution < -0.4 is 10.6 Å². The minimum absolute atomic E-state index is 0.0698. The van der Waals surface area contributed by atoms with Gasteiger partial charge < -0.3 is 15.2 Å². The standard InChI is InChI=1S/C18H24N4O2/c1-3-16-19-10-12-22(16)11-6-9-20-18(24)14-7-5-8-15(13-14)21-17(23)4-2/h5,7-8,10,12-13H,3-4,6,9,11H2,1-2H3,(H,20,24)(H,21,23). The third kappa shape index (κ3) is 4.94. The highest BCUT2D eigenvalue weighted by Crippen LogP contribution is 2.11. The van der Waals surface area contributed by atoms with Crippen molar-refractivity contribution in [2.75, 3.05) is 11.9 Å². The maximum Gasteiger partial charge on any atom is 0.251 e. The Morgan fingerprint density at radius 2 is 2.08 bits per heavy atom. The van der Waals surface area contributed by atoms with E-state index in [0.717, 1.165) is 25.2 Å². The molecule has 24 heavy (non-hydrogen) atoms. The number of aryl methyl sites for hydroxylation is 2. The summed E-state index contributed by atoms with van der Waals surface area (Å²) < 4.78 is 2.10. The summed E-state index contributed by atoms with van der Waals surface area (Å²) in [6.07, 6.45) is 5.90. The topological polar surface area (TPSA) is 76.0 Å². The molecule has 1 aromatic heterocycles. The van der Waals surface area contributed by atoms with Gasteiger partial charge in [0.15, 0.2) is 0 Å². The number of benzene rings is 1. The van der Waals surface area contributed by atoms with E-state index in [-0.39, 0.29) is 11.8 Å². The number of aromatic nitrogens is 2. The molecule has 1 aromatic carbocycles. The first kappa shape index (κ1) is 17.7. The van der Waals surface area contributed by atoms with Crippen LogP contribution in [0, 0.1) is 0 Å². The molecule has 2 rings (SSSR count). The van der Waals surface area contributed by atoms with E-state index < -0.39 is 0 Å². The fraction of sp³-hybridized carbons (Fsp3) is 0.389. The van der Waals surface area contributed by atoms with E-state index in [1.807, 2.05) is 6.20 Å². The second-order valence-electron chi connectivity index (χ2n) is 5.48. The predicted molar refractivity (Wildman–Crippen MR) is 93.9 cm³/mol. The number of hydrogen-bond donors (Lipinski definition) is 2. The van der Waals surface area contributed by atoms with E-state index >= 15 is 0 Å². The van der Waals surface area contributed by atoms with Crippen molar-refractivity contribution in [1.82, 2.24) is 14.9 Å². The molecule has 0 unspecified atom stereocenters. The van der Waals surface area contributed by atoms with Crippen molar-refractivity contribution in [2.24, 2.45) is 0 Å². The van der Waals surface area contributed by atoms with E-state index in [0.29, 0.717) is 24.2 Å². The molecule has 128 valence electrons. The zero-order valence-corrected chi connectivity index (χ0v) is 14.2. The second-order valence-corrected chi connectivity index (χ2v) is 5.48. The maximum absolute atomic E-state index is 12.2. The minimum Gasteiger partial charge on any atom is -0.352 e. The van der Waals surface area contributed by atoms with Crippen LogP contribution in [-0.2, 0) is 17.8 Å². The van der Waals surface area contributed by atoms with E-state index in [1.165, 1.54) is 0 Å². The van der Waals surface area contributed by atoms with E-state index in [4.69, 9.17) is 0 Å². The molecule has 0 aliphatic rings. The maximum atomic E-state index is 12.2. The first-order valence-corrected chi connectivity index (χ1v) is 8.32. The summed E-state index contributed by atoms with van der Waals surface area (Å²) in [6, 6.07) is 6.96. The van der Waals surface area contributed by atoms with Crippen molar-refractivity contribution in [3.8, 4) is 0 Å². The van der Waals surface area contributed by atoms with Crippen LogP contribution in [0.4, 0.5) is 5.69 Å². The van der Waals surface area contributed by atoms with Gasteiger partial charge in [-0.15, -0.1) is 0 Å². The number of imidazole rings is 1. The van der Waals surface area contributed by atoms with Crippen molar-refractivity contribution in [1.29, 1.82) is 0 Å². The van der Waals surface area contributed by atoms with Crippen LogP contribution >= 0.6 is 0 Å². The molecular formula is C18H24N4O2. The molecule has 1 heterocycles. The SMILES string of the molecule is CCC(=O)Nc1cccc(C(=O)NCCCn2ccnc2CC)c1. The Hall–Kier alpha value is -2.63. The number of rotatable bonds is 8. The first-order chi connectivity index (χ1) is 11.6. The molecule has 0 fully saturated rings. The predicted octanol–water partition coefficient (Wildman–Crippen LogP) is 2.61. The Morgan fingerprint density at radius 1 is 1.25 bits per heavy atom. The summed E-state index contributed by atoms with van der Waals surface area (Å²) in [7, 11) is 0. The normalized spacial score (nSPS) is 10.4. The number of carbonyl (C=O) groups excluding carboxylic acids is 2. The summed E-state index contributed by atoms with van der Waals surface area (Å²) in [5, 5.41) is 5.66. The van der Waals surface area contributed by atoms with E-state index in [1.54, 1.807) is 37.4 Å². The number of nitrogens with one attached hydrogen (secondary N) is 2. The van der Waals surface area contributed by atoms with Gasteiger partial charge in [0.2, 0.25) is 5.91 Å². The molecule has 6 heteroatoms. The van der Waals surface area contributed by atoms with Gasteiger partial charge in [0.1, 0.15) is 5.82 Å². The van der Waals surface area contributed by atoms with Crippen LogP contribution in [0.25, 0.3) is 0 Å². The lowest BCUT2D eigenvalue weighted by Gasteiger charge is -2.09. The van der Waals surface area contributed by atoms with Crippen LogP contribution in [-0.4, -0.2) is 27.9 Å². The smallest absolute Gasteiger partial charge is 0.251 e. The highest BCUT2D eigenvalue weighted by atomic mass is 16.2. The molecule has 2 amide bonds. The average Bonchev–Trinajstić information content (AvgIpc) is 3.06. The Morgan fingerprint density at radius 3 is 2.83 bits per heavy atom. The second kappa shape index (κ2) is 8.86. The highest BCUT2D eigenvalue weighted by Gasteiger charge is 2.07. The molecule has 2 N–H and O–H groups in total. The van der Waals surface area contributed by atoms with Gasteiger partial charge in [0.05, 0.1) is 0 Å². The summed E-state index contributed by atoms with van der Waals surface area (Å²) in [5.74, 6) is 0.851. The summed E-state index contributed by atoms with van der Waals surface area (Å²) in [6.45, 7) is 5.28. The van der Waals surface area contributed by atoms with Crippen molar-refractivity contribution in [3.63, 3.8) is 0 Å². The third-order valence-electron chi connectivity index (χ3n) is 3.71. The molecule has 0 saturated carbocycles. The van der Waals surface area contributed by atoms with Crippen LogP contribution in [0.15, 0.2) is 36.7 Å². The van der Waals surface area contributed by atoms with Gasteiger partial charge in [-0.1, -0.05) is 19.9 Å². The molecular weight excluding hydrogens is 304 g/mol. The van der Waals surface area contributed by atoms with E-state index in [9.17, 15) is 9.59 Å². The fourth-order valence-corrected chi connectivity index (χ4v) is 2.40. The number of hydrogen-bond acceptors (Lipinski definition) is 3. The largest absolute Gasteiger partial charge is 0.352 e. The monoisotopic (exact) mass is 328 g/mol. The van der Waals surface area contributed by atoms with Crippen LogP contribution in [0.1, 0.15) is 42.9 Å². The summed E-state index contributed by atoms with van der Waals surface area (Å²) in [5.41, 5.74) is 1.18. The van der Waals surface area contributed by atoms with Crippen molar-refractivity contribution < 1.29 is 9.59 Å². The minimum atomic E-state index is -0.135. The summed E-state index contributed by atoms with van der Waals surface area (Å²) >= 11 is 0. The van der Waals surface area contributed by atoms with Gasteiger partial charge in [-0.05, 0) is 24.6 Å². The third-order valence-corrected chi connectivity index (χ3v) is 3.71. The van der Waals surface area contributed by atoms with Crippen LogP contribution in [0.3, 0.4) is 0 Å². The van der Waals surface area contributed by atoms with Crippen molar-refractivity contribution >= 4 is 17.5 Å². The lowest BCUT2D eigenvalue weighted by molar-refractivity contribution is -0.115. The number of nitrogens with zero attached hydrogens (tertiary/aromatic N) is 2. The zero-order valence-electron chi connectivity index (χ0n) is 14.2. The number of carbonyl (C=O) groups is 2. The van der Waals surface area contributed by atoms with Gasteiger partial charge in [-0.2, -0.15) is 0 Å². The Bertz CT molecular complexity index is 694. The molecule has 0 saturated heterocycles. The van der Waals surface area contributed by atoms with Crippen molar-refractivity contribution in [3.05, 3.63) is 48.0 Å². The quantitative estimate of drug-likeness (QED) is 0.731. The molecule has 0 aliphatic carbocycles. The number of anilines is 1. The molecule has 6 nitrogen and oxygen atoms in total. The lowest BCUT2D eigenvalue weighted by atomic mass is 10.2. The molecule has 2 aromatic rings. The first-order valence-electron chi connectivity index (χ1n) is 8.32. The van der Waals surface area contributed by atoms with Crippen LogP contribution in [0.5, 0.6) is 0 Å². The number of amides is 2. The fourth-order valence-electron chi connectivity index (χ4n) is 2.40. The highest BCUT2D eigenvalue weighted by molar-refractivity contribution is 5.97. The van der Waals surface area contributed by atoms with E-state index in [2.05, 4.69) is 27.1 Å². The Kier molecular flexibility index (Phi) is 6.54.